The molecule has 12 heteroatoms. The molecule has 0 radical (unpaired) electrons. The number of ether oxygens (including phenoxy) is 1. The molecule has 0 bridgehead atoms. The third-order valence-corrected chi connectivity index (χ3v) is 6.73. The van der Waals surface area contributed by atoms with E-state index in [1.165, 1.54) is 0 Å². The highest BCUT2D eigenvalue weighted by Crippen LogP contribution is 2.26. The van der Waals surface area contributed by atoms with Crippen LogP contribution in [-0.4, -0.2) is 92.1 Å². The van der Waals surface area contributed by atoms with Gasteiger partial charge in [0, 0.05) is 38.2 Å². The maximum absolute atomic E-state index is 13.7. The molecule has 5 rings (SSSR count). The van der Waals surface area contributed by atoms with Crippen LogP contribution in [0.2, 0.25) is 0 Å². The fourth-order valence-electron chi connectivity index (χ4n) is 4.63. The summed E-state index contributed by atoms with van der Waals surface area (Å²) in [5.74, 6) is -0.536. The monoisotopic (exact) mass is 554 g/mol. The number of hydrogen-bond acceptors (Lipinski definition) is 8. The molecule has 12 nitrogen and oxygen atoms in total. The first-order chi connectivity index (χ1) is 20.0. The molecular formula is C29H30N8O4. The van der Waals surface area contributed by atoms with E-state index in [4.69, 9.17) is 4.74 Å². The van der Waals surface area contributed by atoms with Crippen molar-refractivity contribution in [3.63, 3.8) is 0 Å². The van der Waals surface area contributed by atoms with Crippen molar-refractivity contribution < 1.29 is 19.1 Å². The Balaban J connectivity index is 1.40. The molecular weight excluding hydrogens is 524 g/mol. The van der Waals surface area contributed by atoms with Gasteiger partial charge < -0.3 is 19.9 Å². The van der Waals surface area contributed by atoms with Gasteiger partial charge in [-0.1, -0.05) is 65.9 Å². The lowest BCUT2D eigenvalue weighted by Gasteiger charge is -2.35. The van der Waals surface area contributed by atoms with Gasteiger partial charge in [0.15, 0.2) is 5.82 Å². The Kier molecular flexibility index (Phi) is 8.58. The van der Waals surface area contributed by atoms with Crippen molar-refractivity contribution in [3.8, 4) is 22.4 Å². The van der Waals surface area contributed by atoms with Gasteiger partial charge in [0.25, 0.3) is 5.91 Å². The van der Waals surface area contributed by atoms with E-state index in [0.29, 0.717) is 31.9 Å². The first-order valence-electron chi connectivity index (χ1n) is 13.4. The van der Waals surface area contributed by atoms with Gasteiger partial charge in [-0.25, -0.2) is 9.78 Å². The molecule has 3 amide bonds. The van der Waals surface area contributed by atoms with Crippen LogP contribution < -0.4 is 5.32 Å². The number of amides is 3. The number of aromatic nitrogens is 5. The Morgan fingerprint density at radius 3 is 2.20 bits per heavy atom. The lowest BCUT2D eigenvalue weighted by molar-refractivity contribution is -0.134. The quantitative estimate of drug-likeness (QED) is 0.338. The lowest BCUT2D eigenvalue weighted by atomic mass is 10.0. The van der Waals surface area contributed by atoms with Gasteiger partial charge in [0.05, 0.1) is 12.3 Å². The molecule has 0 saturated carbocycles. The highest BCUT2D eigenvalue weighted by atomic mass is 16.6. The zero-order valence-electron chi connectivity index (χ0n) is 22.6. The second kappa shape index (κ2) is 12.8. The number of pyridine rings is 1. The number of piperazine rings is 1. The lowest BCUT2D eigenvalue weighted by Crippen LogP contribution is -2.56. The first-order valence-corrected chi connectivity index (χ1v) is 13.4. The Hall–Kier alpha value is -5.13. The van der Waals surface area contributed by atoms with Gasteiger partial charge in [-0.2, -0.15) is 5.21 Å². The topological polar surface area (TPSA) is 146 Å². The number of carbonyl (C=O) groups is 3. The Morgan fingerprint density at radius 1 is 0.902 bits per heavy atom. The summed E-state index contributed by atoms with van der Waals surface area (Å²) in [6.45, 7) is 3.29. The van der Waals surface area contributed by atoms with Gasteiger partial charge in [-0.05, 0) is 30.2 Å². The molecule has 3 heterocycles. The Bertz CT molecular complexity index is 1420. The first kappa shape index (κ1) is 27.4. The summed E-state index contributed by atoms with van der Waals surface area (Å²) in [5.41, 5.74) is 3.41. The Morgan fingerprint density at radius 2 is 1.56 bits per heavy atom. The van der Waals surface area contributed by atoms with Crippen molar-refractivity contribution in [1.82, 2.24) is 40.7 Å². The van der Waals surface area contributed by atoms with Crippen LogP contribution in [0.5, 0.6) is 0 Å². The van der Waals surface area contributed by atoms with E-state index in [1.807, 2.05) is 66.7 Å². The van der Waals surface area contributed by atoms with E-state index < -0.39 is 18.0 Å². The van der Waals surface area contributed by atoms with Crippen LogP contribution in [0.3, 0.4) is 0 Å². The summed E-state index contributed by atoms with van der Waals surface area (Å²) >= 11 is 0. The van der Waals surface area contributed by atoms with Crippen LogP contribution in [-0.2, 0) is 16.0 Å². The van der Waals surface area contributed by atoms with E-state index >= 15 is 0 Å². The smallest absolute Gasteiger partial charge is 0.409 e. The summed E-state index contributed by atoms with van der Waals surface area (Å²) < 4.78 is 5.07. The highest BCUT2D eigenvalue weighted by molar-refractivity contribution is 5.97. The second-order valence-corrected chi connectivity index (χ2v) is 9.43. The molecule has 1 atom stereocenters. The minimum absolute atomic E-state index is 0.0308. The van der Waals surface area contributed by atoms with Crippen LogP contribution in [0.1, 0.15) is 23.2 Å². The number of aromatic amines is 1. The normalized spacial score (nSPS) is 13.9. The van der Waals surface area contributed by atoms with Crippen molar-refractivity contribution >= 4 is 17.9 Å². The third kappa shape index (κ3) is 6.72. The molecule has 1 saturated heterocycles. The number of rotatable bonds is 8. The largest absolute Gasteiger partial charge is 0.450 e. The molecule has 0 aliphatic carbocycles. The number of benzene rings is 2. The van der Waals surface area contributed by atoms with Gasteiger partial charge in [-0.3, -0.25) is 9.59 Å². The van der Waals surface area contributed by atoms with Crippen molar-refractivity contribution in [2.45, 2.75) is 19.4 Å². The van der Waals surface area contributed by atoms with E-state index in [1.54, 1.807) is 22.8 Å². The number of carbonyl (C=O) groups excluding carboxylic acids is 3. The molecule has 2 aromatic heterocycles. The summed E-state index contributed by atoms with van der Waals surface area (Å²) in [4.78, 5) is 47.2. The molecule has 1 aliphatic heterocycles. The predicted molar refractivity (Wildman–Crippen MR) is 149 cm³/mol. The molecule has 41 heavy (non-hydrogen) atoms. The van der Waals surface area contributed by atoms with E-state index in [9.17, 15) is 14.4 Å². The molecule has 1 fully saturated rings. The van der Waals surface area contributed by atoms with Crippen LogP contribution in [0.25, 0.3) is 22.4 Å². The van der Waals surface area contributed by atoms with Crippen molar-refractivity contribution in [1.29, 1.82) is 0 Å². The number of H-pyrrole nitrogens is 1. The second-order valence-electron chi connectivity index (χ2n) is 9.43. The van der Waals surface area contributed by atoms with E-state index in [0.717, 1.165) is 16.7 Å². The van der Waals surface area contributed by atoms with Crippen molar-refractivity contribution in [3.05, 3.63) is 84.3 Å². The number of tetrazole rings is 1. The molecule has 210 valence electrons. The predicted octanol–water partition coefficient (Wildman–Crippen LogP) is 2.57. The molecule has 1 aliphatic rings. The molecule has 2 aromatic carbocycles. The summed E-state index contributed by atoms with van der Waals surface area (Å²) in [5, 5.41) is 16.8. The summed E-state index contributed by atoms with van der Waals surface area (Å²) in [7, 11) is 0. The van der Waals surface area contributed by atoms with Gasteiger partial charge in [0.2, 0.25) is 5.91 Å². The number of nitrogens with one attached hydrogen (secondary N) is 2. The van der Waals surface area contributed by atoms with Crippen molar-refractivity contribution in [2.24, 2.45) is 0 Å². The zero-order chi connectivity index (χ0) is 28.6. The van der Waals surface area contributed by atoms with Crippen LogP contribution >= 0.6 is 0 Å². The Labute approximate surface area is 236 Å². The van der Waals surface area contributed by atoms with Crippen LogP contribution in [0, 0.1) is 0 Å². The minimum atomic E-state index is -0.975. The van der Waals surface area contributed by atoms with E-state index in [2.05, 4.69) is 30.9 Å². The third-order valence-electron chi connectivity index (χ3n) is 6.73. The fourth-order valence-corrected chi connectivity index (χ4v) is 4.63. The summed E-state index contributed by atoms with van der Waals surface area (Å²) in [6, 6.07) is 22.0. The van der Waals surface area contributed by atoms with Crippen LogP contribution in [0.15, 0.2) is 72.8 Å². The van der Waals surface area contributed by atoms with Gasteiger partial charge in [-0.15, -0.1) is 10.2 Å². The van der Waals surface area contributed by atoms with Gasteiger partial charge >= 0.3 is 6.09 Å². The minimum Gasteiger partial charge on any atom is -0.450 e. The molecule has 4 aromatic rings. The maximum atomic E-state index is 13.7. The summed E-state index contributed by atoms with van der Waals surface area (Å²) in [6.07, 6.45) is -0.377. The SMILES string of the molecule is CCOC(=O)N1CCN(C(=O)[C@H](Cc2nn[nH]n2)NC(=O)c2cc(-c3ccccc3)cc(-c3ccccc3)n2)CC1. The molecule has 0 spiro atoms. The van der Waals surface area contributed by atoms with Gasteiger partial charge in [0.1, 0.15) is 11.7 Å². The fraction of sp³-hybridized carbons (Fsp3) is 0.276. The average molecular weight is 555 g/mol. The van der Waals surface area contributed by atoms with Crippen LogP contribution in [0.4, 0.5) is 4.79 Å². The molecule has 2 N–H and O–H groups in total. The van der Waals surface area contributed by atoms with E-state index in [-0.39, 0.29) is 30.5 Å². The molecule has 0 unspecified atom stereocenters. The maximum Gasteiger partial charge on any atom is 0.409 e. The standard InChI is InChI=1S/C29H30N8O4/c1-2-41-29(40)37-15-13-36(14-16-37)28(39)25(19-26-32-34-35-33-26)31-27(38)24-18-22(20-9-5-3-6-10-20)17-23(30-24)21-11-7-4-8-12-21/h3-12,17-18,25H,2,13-16,19H2,1H3,(H,31,38)(H,32,33,34,35)/t25-/m0/s1. The average Bonchev–Trinajstić information content (AvgIpc) is 3.54. The van der Waals surface area contributed by atoms with Crippen molar-refractivity contribution in [2.75, 3.05) is 32.8 Å². The number of hydrogen-bond donors (Lipinski definition) is 2. The number of nitrogens with zero attached hydrogens (tertiary/aromatic N) is 6. The highest BCUT2D eigenvalue weighted by Gasteiger charge is 2.32. The zero-order valence-corrected chi connectivity index (χ0v) is 22.6.